The lowest BCUT2D eigenvalue weighted by Crippen LogP contribution is -2.35. The van der Waals surface area contributed by atoms with Crippen molar-refractivity contribution < 1.29 is 4.79 Å². The van der Waals surface area contributed by atoms with Crippen LogP contribution in [0.2, 0.25) is 0 Å². The molecule has 0 fully saturated rings. The summed E-state index contributed by atoms with van der Waals surface area (Å²) in [6.45, 7) is 4.87. The zero-order chi connectivity index (χ0) is 18.8. The molecule has 136 valence electrons. The standard InChI is InChI=1S/C23H23N3O/c1-16-6-5-7-18(10-16)13-25-21-12-20(14-24-15-21)23(27)26-17(2)11-19-8-3-4-9-22(19)26/h3-10,12,14-15,17,25H,11,13H2,1-2H3. The third-order valence-electron chi connectivity index (χ3n) is 4.99. The number of nitrogens with zero attached hydrogens (tertiary/aromatic N) is 2. The third kappa shape index (κ3) is 3.56. The van der Waals surface area contributed by atoms with E-state index < -0.39 is 0 Å². The van der Waals surface area contributed by atoms with Crippen LogP contribution < -0.4 is 10.2 Å². The molecule has 1 amide bonds. The van der Waals surface area contributed by atoms with Crippen LogP contribution in [-0.2, 0) is 13.0 Å². The normalized spacial score (nSPS) is 15.5. The van der Waals surface area contributed by atoms with Gasteiger partial charge in [-0.15, -0.1) is 0 Å². The van der Waals surface area contributed by atoms with Crippen LogP contribution >= 0.6 is 0 Å². The minimum atomic E-state index is -0.000782. The second-order valence-electron chi connectivity index (χ2n) is 7.16. The number of aromatic nitrogens is 1. The topological polar surface area (TPSA) is 45.2 Å². The van der Waals surface area contributed by atoms with Crippen LogP contribution in [0, 0.1) is 6.92 Å². The number of anilines is 2. The first kappa shape index (κ1) is 17.3. The number of hydrogen-bond acceptors (Lipinski definition) is 3. The highest BCUT2D eigenvalue weighted by Gasteiger charge is 2.31. The van der Waals surface area contributed by atoms with E-state index in [4.69, 9.17) is 0 Å². The quantitative estimate of drug-likeness (QED) is 0.742. The predicted octanol–water partition coefficient (Wildman–Crippen LogP) is 4.59. The summed E-state index contributed by atoms with van der Waals surface area (Å²) < 4.78 is 0. The Kier molecular flexibility index (Phi) is 4.63. The number of para-hydroxylation sites is 1. The Morgan fingerprint density at radius 3 is 2.85 bits per heavy atom. The Balaban J connectivity index is 1.53. The molecule has 1 aliphatic rings. The molecule has 1 unspecified atom stereocenters. The molecule has 4 heteroatoms. The Hall–Kier alpha value is -3.14. The van der Waals surface area contributed by atoms with Crippen molar-refractivity contribution in [2.45, 2.75) is 32.9 Å². The molecule has 0 bridgehead atoms. The van der Waals surface area contributed by atoms with Gasteiger partial charge in [0.25, 0.3) is 5.91 Å². The molecule has 27 heavy (non-hydrogen) atoms. The van der Waals surface area contributed by atoms with E-state index in [2.05, 4.69) is 54.5 Å². The first-order valence-corrected chi connectivity index (χ1v) is 9.28. The van der Waals surface area contributed by atoms with Crippen LogP contribution in [0.5, 0.6) is 0 Å². The summed E-state index contributed by atoms with van der Waals surface area (Å²) in [6.07, 6.45) is 4.29. The molecule has 1 aliphatic heterocycles. The average Bonchev–Trinajstić information content (AvgIpc) is 3.02. The molecule has 3 aromatic rings. The van der Waals surface area contributed by atoms with Crippen molar-refractivity contribution in [2.24, 2.45) is 0 Å². The lowest BCUT2D eigenvalue weighted by atomic mass is 10.1. The van der Waals surface area contributed by atoms with Gasteiger partial charge in [-0.25, -0.2) is 0 Å². The van der Waals surface area contributed by atoms with Crippen molar-refractivity contribution >= 4 is 17.3 Å². The molecule has 4 rings (SSSR count). The van der Waals surface area contributed by atoms with E-state index >= 15 is 0 Å². The molecule has 4 nitrogen and oxygen atoms in total. The van der Waals surface area contributed by atoms with Gasteiger partial charge < -0.3 is 10.2 Å². The van der Waals surface area contributed by atoms with Crippen LogP contribution in [0.25, 0.3) is 0 Å². The van der Waals surface area contributed by atoms with Gasteiger partial charge in [0.1, 0.15) is 0 Å². The number of pyridine rings is 1. The fourth-order valence-electron chi connectivity index (χ4n) is 3.69. The van der Waals surface area contributed by atoms with Gasteiger partial charge in [-0.2, -0.15) is 0 Å². The maximum atomic E-state index is 13.1. The van der Waals surface area contributed by atoms with Crippen molar-refractivity contribution in [3.05, 3.63) is 89.2 Å². The molecule has 0 aliphatic carbocycles. The maximum absolute atomic E-state index is 13.1. The van der Waals surface area contributed by atoms with E-state index in [1.54, 1.807) is 12.4 Å². The van der Waals surface area contributed by atoms with E-state index in [9.17, 15) is 4.79 Å². The second-order valence-corrected chi connectivity index (χ2v) is 7.16. The van der Waals surface area contributed by atoms with E-state index in [1.807, 2.05) is 29.2 Å². The summed E-state index contributed by atoms with van der Waals surface area (Å²) in [5.74, 6) is -0.000782. The van der Waals surface area contributed by atoms with Gasteiger partial charge in [0.15, 0.2) is 0 Å². The number of nitrogens with one attached hydrogen (secondary N) is 1. The molecule has 1 atom stereocenters. The monoisotopic (exact) mass is 357 g/mol. The minimum Gasteiger partial charge on any atom is -0.380 e. The Morgan fingerprint density at radius 1 is 1.15 bits per heavy atom. The molecule has 0 radical (unpaired) electrons. The zero-order valence-corrected chi connectivity index (χ0v) is 15.6. The first-order valence-electron chi connectivity index (χ1n) is 9.28. The van der Waals surface area contributed by atoms with Gasteiger partial charge in [0, 0.05) is 30.7 Å². The average molecular weight is 357 g/mol. The van der Waals surface area contributed by atoms with Crippen molar-refractivity contribution in [1.82, 2.24) is 4.98 Å². The SMILES string of the molecule is Cc1cccc(CNc2cncc(C(=O)N3c4ccccc4CC3C)c2)c1. The molecular formula is C23H23N3O. The van der Waals surface area contributed by atoms with Gasteiger partial charge in [0.2, 0.25) is 0 Å². The second kappa shape index (κ2) is 7.23. The Bertz CT molecular complexity index is 983. The number of carbonyl (C=O) groups excluding carboxylic acids is 1. The van der Waals surface area contributed by atoms with E-state index in [0.717, 1.165) is 17.8 Å². The summed E-state index contributed by atoms with van der Waals surface area (Å²) in [7, 11) is 0. The summed E-state index contributed by atoms with van der Waals surface area (Å²) in [5, 5.41) is 3.37. The molecule has 0 saturated heterocycles. The third-order valence-corrected chi connectivity index (χ3v) is 4.99. The van der Waals surface area contributed by atoms with Crippen LogP contribution in [0.1, 0.15) is 34.0 Å². The lowest BCUT2D eigenvalue weighted by molar-refractivity contribution is 0.0981. The summed E-state index contributed by atoms with van der Waals surface area (Å²) in [4.78, 5) is 19.3. The molecule has 2 aromatic carbocycles. The number of benzene rings is 2. The Morgan fingerprint density at radius 2 is 2.00 bits per heavy atom. The number of carbonyl (C=O) groups is 1. The van der Waals surface area contributed by atoms with Crippen LogP contribution in [0.3, 0.4) is 0 Å². The van der Waals surface area contributed by atoms with E-state index in [-0.39, 0.29) is 11.9 Å². The van der Waals surface area contributed by atoms with Crippen LogP contribution in [-0.4, -0.2) is 16.9 Å². The zero-order valence-electron chi connectivity index (χ0n) is 15.6. The van der Waals surface area contributed by atoms with Crippen molar-refractivity contribution in [2.75, 3.05) is 10.2 Å². The van der Waals surface area contributed by atoms with E-state index in [1.165, 1.54) is 16.7 Å². The largest absolute Gasteiger partial charge is 0.380 e. The van der Waals surface area contributed by atoms with Gasteiger partial charge in [-0.3, -0.25) is 9.78 Å². The number of hydrogen-bond donors (Lipinski definition) is 1. The summed E-state index contributed by atoms with van der Waals surface area (Å²) in [6, 6.07) is 18.5. The molecule has 0 saturated carbocycles. The number of aryl methyl sites for hydroxylation is 1. The number of rotatable bonds is 4. The molecular weight excluding hydrogens is 334 g/mol. The first-order chi connectivity index (χ1) is 13.1. The van der Waals surface area contributed by atoms with Crippen LogP contribution in [0.4, 0.5) is 11.4 Å². The minimum absolute atomic E-state index is 0.000782. The molecule has 1 N–H and O–H groups in total. The number of fused-ring (bicyclic) bond motifs is 1. The summed E-state index contributed by atoms with van der Waals surface area (Å²) in [5.41, 5.74) is 6.12. The predicted molar refractivity (Wildman–Crippen MR) is 109 cm³/mol. The Labute approximate surface area is 159 Å². The van der Waals surface area contributed by atoms with E-state index in [0.29, 0.717) is 12.1 Å². The van der Waals surface area contributed by atoms with Gasteiger partial charge in [-0.1, -0.05) is 48.0 Å². The number of amides is 1. The van der Waals surface area contributed by atoms with Crippen molar-refractivity contribution in [3.63, 3.8) is 0 Å². The van der Waals surface area contributed by atoms with Gasteiger partial charge in [0.05, 0.1) is 11.3 Å². The lowest BCUT2D eigenvalue weighted by Gasteiger charge is -2.23. The highest BCUT2D eigenvalue weighted by molar-refractivity contribution is 6.08. The molecule has 2 heterocycles. The summed E-state index contributed by atoms with van der Waals surface area (Å²) >= 11 is 0. The fourth-order valence-corrected chi connectivity index (χ4v) is 3.69. The maximum Gasteiger partial charge on any atom is 0.260 e. The van der Waals surface area contributed by atoms with Gasteiger partial charge >= 0.3 is 0 Å². The van der Waals surface area contributed by atoms with Crippen molar-refractivity contribution in [3.8, 4) is 0 Å². The molecule has 1 aromatic heterocycles. The van der Waals surface area contributed by atoms with Crippen molar-refractivity contribution in [1.29, 1.82) is 0 Å². The smallest absolute Gasteiger partial charge is 0.260 e. The van der Waals surface area contributed by atoms with Crippen LogP contribution in [0.15, 0.2) is 67.0 Å². The fraction of sp³-hybridized carbons (Fsp3) is 0.217. The van der Waals surface area contributed by atoms with Gasteiger partial charge in [-0.05, 0) is 43.5 Å². The highest BCUT2D eigenvalue weighted by Crippen LogP contribution is 2.33. The highest BCUT2D eigenvalue weighted by atomic mass is 16.2. The molecule has 0 spiro atoms.